The summed E-state index contributed by atoms with van der Waals surface area (Å²) in [6.45, 7) is 1.63. The van der Waals surface area contributed by atoms with Crippen LogP contribution >= 0.6 is 0 Å². The van der Waals surface area contributed by atoms with Gasteiger partial charge in [0.05, 0.1) is 0 Å². The minimum Gasteiger partial charge on any atom is -0.285 e. The molecule has 0 radical (unpaired) electrons. The van der Waals surface area contributed by atoms with E-state index in [1.54, 1.807) is 13.0 Å². The average molecular weight is 240 g/mol. The van der Waals surface area contributed by atoms with Crippen LogP contribution < -0.4 is 0 Å². The summed E-state index contributed by atoms with van der Waals surface area (Å²) in [7, 11) is 0. The van der Waals surface area contributed by atoms with Crippen molar-refractivity contribution in [1.29, 1.82) is 0 Å². The van der Waals surface area contributed by atoms with Gasteiger partial charge in [-0.1, -0.05) is 48.1 Å². The molecule has 0 saturated heterocycles. The summed E-state index contributed by atoms with van der Waals surface area (Å²) in [5, 5.41) is 0. The number of carbonyl (C=O) groups is 1. The van der Waals surface area contributed by atoms with Crippen LogP contribution in [0.15, 0.2) is 48.1 Å². The Morgan fingerprint density at radius 3 is 2.24 bits per heavy atom. The molecule has 0 saturated carbocycles. The maximum atomic E-state index is 11.9. The Balaban J connectivity index is 2.73. The van der Waals surface area contributed by atoms with E-state index in [9.17, 15) is 18.0 Å². The molecule has 0 aliphatic carbocycles. The van der Waals surface area contributed by atoms with Crippen molar-refractivity contribution in [3.8, 4) is 0 Å². The lowest BCUT2D eigenvalue weighted by Gasteiger charge is -1.99. The summed E-state index contributed by atoms with van der Waals surface area (Å²) >= 11 is 0. The number of hydrogen-bond donors (Lipinski definition) is 0. The van der Waals surface area contributed by atoms with Crippen LogP contribution in [-0.4, -0.2) is 12.0 Å². The van der Waals surface area contributed by atoms with Gasteiger partial charge in [-0.15, -0.1) is 0 Å². The van der Waals surface area contributed by atoms with Gasteiger partial charge in [-0.2, -0.15) is 13.2 Å². The van der Waals surface area contributed by atoms with Crippen molar-refractivity contribution in [2.24, 2.45) is 0 Å². The van der Waals surface area contributed by atoms with E-state index >= 15 is 0 Å². The van der Waals surface area contributed by atoms with Gasteiger partial charge in [-0.3, -0.25) is 4.79 Å². The van der Waals surface area contributed by atoms with E-state index in [-0.39, 0.29) is 0 Å². The second-order valence-electron chi connectivity index (χ2n) is 3.49. The Kier molecular flexibility index (Phi) is 4.26. The molecule has 1 nitrogen and oxygen atoms in total. The first-order chi connectivity index (χ1) is 7.89. The topological polar surface area (TPSA) is 17.1 Å². The maximum absolute atomic E-state index is 11.9. The Morgan fingerprint density at radius 2 is 1.71 bits per heavy atom. The minimum atomic E-state index is -4.80. The first-order valence-corrected chi connectivity index (χ1v) is 4.92. The van der Waals surface area contributed by atoms with Gasteiger partial charge in [0.15, 0.2) is 0 Å². The number of rotatable bonds is 3. The van der Waals surface area contributed by atoms with Crippen molar-refractivity contribution < 1.29 is 18.0 Å². The highest BCUT2D eigenvalue weighted by Gasteiger charge is 2.35. The van der Waals surface area contributed by atoms with Gasteiger partial charge in [0.2, 0.25) is 0 Å². The van der Waals surface area contributed by atoms with Gasteiger partial charge < -0.3 is 0 Å². The van der Waals surface area contributed by atoms with E-state index in [1.807, 2.05) is 30.3 Å². The fourth-order valence-corrected chi connectivity index (χ4v) is 1.16. The fourth-order valence-electron chi connectivity index (χ4n) is 1.16. The lowest BCUT2D eigenvalue weighted by Crippen LogP contribution is -2.19. The van der Waals surface area contributed by atoms with Crippen molar-refractivity contribution >= 4 is 11.9 Å². The van der Waals surface area contributed by atoms with Crippen molar-refractivity contribution in [3.05, 3.63) is 53.6 Å². The molecule has 0 aliphatic heterocycles. The molecular weight excluding hydrogens is 229 g/mol. The van der Waals surface area contributed by atoms with Crippen LogP contribution in [0.25, 0.3) is 6.08 Å². The van der Waals surface area contributed by atoms with Crippen LogP contribution in [0.1, 0.15) is 12.5 Å². The smallest absolute Gasteiger partial charge is 0.285 e. The van der Waals surface area contributed by atoms with E-state index in [4.69, 9.17) is 0 Å². The van der Waals surface area contributed by atoms with E-state index < -0.39 is 12.0 Å². The molecule has 1 aromatic rings. The van der Waals surface area contributed by atoms with Gasteiger partial charge in [-0.25, -0.2) is 0 Å². The lowest BCUT2D eigenvalue weighted by atomic mass is 10.1. The van der Waals surface area contributed by atoms with Crippen molar-refractivity contribution in [2.75, 3.05) is 0 Å². The van der Waals surface area contributed by atoms with Crippen molar-refractivity contribution in [1.82, 2.24) is 0 Å². The second-order valence-corrected chi connectivity index (χ2v) is 3.49. The van der Waals surface area contributed by atoms with Gasteiger partial charge >= 0.3 is 6.18 Å². The predicted molar refractivity (Wildman–Crippen MR) is 60.3 cm³/mol. The number of alkyl halides is 3. The number of ketones is 1. The van der Waals surface area contributed by atoms with Gasteiger partial charge in [0, 0.05) is 0 Å². The third kappa shape index (κ3) is 4.68. The summed E-state index contributed by atoms with van der Waals surface area (Å²) in [5.74, 6) is -1.85. The number of halogens is 3. The highest BCUT2D eigenvalue weighted by atomic mass is 19.4. The Bertz CT molecular complexity index is 441. The van der Waals surface area contributed by atoms with Gasteiger partial charge in [0.25, 0.3) is 5.78 Å². The Morgan fingerprint density at radius 1 is 1.12 bits per heavy atom. The predicted octanol–water partition coefficient (Wildman–Crippen LogP) is 3.78. The molecule has 0 N–H and O–H groups in total. The normalized spacial score (nSPS) is 13.1. The molecule has 0 bridgehead atoms. The van der Waals surface area contributed by atoms with Crippen LogP contribution in [0.2, 0.25) is 0 Å². The number of allylic oxidation sites excluding steroid dienone is 3. The maximum Gasteiger partial charge on any atom is 0.454 e. The van der Waals surface area contributed by atoms with Gasteiger partial charge in [0.1, 0.15) is 0 Å². The van der Waals surface area contributed by atoms with Crippen LogP contribution in [0.5, 0.6) is 0 Å². The zero-order valence-corrected chi connectivity index (χ0v) is 9.16. The molecule has 17 heavy (non-hydrogen) atoms. The van der Waals surface area contributed by atoms with Gasteiger partial charge in [-0.05, 0) is 18.6 Å². The molecule has 1 rings (SSSR count). The quantitative estimate of drug-likeness (QED) is 0.580. The van der Waals surface area contributed by atoms with E-state index in [0.717, 1.165) is 11.6 Å². The molecular formula is C13H11F3O. The van der Waals surface area contributed by atoms with E-state index in [2.05, 4.69) is 0 Å². The van der Waals surface area contributed by atoms with Crippen LogP contribution in [-0.2, 0) is 4.79 Å². The van der Waals surface area contributed by atoms with Crippen molar-refractivity contribution in [2.45, 2.75) is 13.1 Å². The molecule has 0 amide bonds. The van der Waals surface area contributed by atoms with E-state index in [0.29, 0.717) is 11.6 Å². The molecule has 4 heteroatoms. The lowest BCUT2D eigenvalue weighted by molar-refractivity contribution is -0.165. The highest BCUT2D eigenvalue weighted by molar-refractivity contribution is 5.94. The standard InChI is InChI=1S/C13H11F3O/c1-10(7-8-12(17)13(14,15)16)9-11-5-3-2-4-6-11/h2-9H,1H3/b8-7+,10-9+. The zero-order valence-electron chi connectivity index (χ0n) is 9.16. The SMILES string of the molecule is CC(/C=C/C(=O)C(F)(F)F)=C\c1ccccc1. The summed E-state index contributed by atoms with van der Waals surface area (Å²) in [4.78, 5) is 10.6. The first kappa shape index (κ1) is 13.2. The second kappa shape index (κ2) is 5.48. The van der Waals surface area contributed by atoms with Crippen molar-refractivity contribution in [3.63, 3.8) is 0 Å². The van der Waals surface area contributed by atoms with E-state index in [1.165, 1.54) is 0 Å². The molecule has 0 spiro atoms. The molecule has 0 fully saturated rings. The zero-order chi connectivity index (χ0) is 12.9. The molecule has 0 aromatic heterocycles. The summed E-state index contributed by atoms with van der Waals surface area (Å²) in [5.41, 5.74) is 1.45. The fraction of sp³-hybridized carbons (Fsp3) is 0.154. The average Bonchev–Trinajstić information content (AvgIpc) is 2.26. The molecule has 0 atom stereocenters. The Labute approximate surface area is 97.3 Å². The Hall–Kier alpha value is -1.84. The number of carbonyl (C=O) groups excluding carboxylic acids is 1. The molecule has 90 valence electrons. The molecule has 0 aliphatic rings. The number of benzene rings is 1. The molecule has 1 aromatic carbocycles. The third-order valence-electron chi connectivity index (χ3n) is 1.97. The van der Waals surface area contributed by atoms with Crippen LogP contribution in [0, 0.1) is 0 Å². The van der Waals surface area contributed by atoms with Crippen LogP contribution in [0.4, 0.5) is 13.2 Å². The first-order valence-electron chi connectivity index (χ1n) is 4.92. The minimum absolute atomic E-state index is 0.536. The summed E-state index contributed by atoms with van der Waals surface area (Å²) < 4.78 is 35.7. The largest absolute Gasteiger partial charge is 0.454 e. The monoisotopic (exact) mass is 240 g/mol. The third-order valence-corrected chi connectivity index (χ3v) is 1.97. The summed E-state index contributed by atoms with van der Waals surface area (Å²) in [6.07, 6.45) is -1.42. The molecule has 0 unspecified atom stereocenters. The van der Waals surface area contributed by atoms with Crippen LogP contribution in [0.3, 0.4) is 0 Å². The summed E-state index contributed by atoms with van der Waals surface area (Å²) in [6, 6.07) is 9.13. The molecule has 0 heterocycles. The highest BCUT2D eigenvalue weighted by Crippen LogP contribution is 2.17. The number of hydrogen-bond acceptors (Lipinski definition) is 1.